The summed E-state index contributed by atoms with van der Waals surface area (Å²) in [5, 5.41) is 0. The van der Waals surface area contributed by atoms with Crippen molar-refractivity contribution in [3.63, 3.8) is 0 Å². The van der Waals surface area contributed by atoms with Crippen LogP contribution in [0.2, 0.25) is 0 Å². The lowest BCUT2D eigenvalue weighted by molar-refractivity contribution is 1.49. The largest absolute Gasteiger partial charge is 0.258 e. The lowest BCUT2D eigenvalue weighted by atomic mass is 10.2. The molecule has 0 radical (unpaired) electrons. The molecule has 0 saturated heterocycles. The van der Waals surface area contributed by atoms with Crippen LogP contribution >= 0.6 is 0 Å². The number of aryl methyl sites for hydroxylation is 3. The van der Waals surface area contributed by atoms with E-state index in [0.29, 0.717) is 0 Å². The molecule has 0 atom stereocenters. The molecule has 0 spiro atoms. The van der Waals surface area contributed by atoms with Crippen molar-refractivity contribution in [2.24, 2.45) is 0 Å². The molecule has 0 aliphatic carbocycles. The van der Waals surface area contributed by atoms with Gasteiger partial charge in [-0.05, 0) is 20.8 Å². The van der Waals surface area contributed by atoms with E-state index in [0.717, 1.165) is 0 Å². The van der Waals surface area contributed by atoms with E-state index < -0.39 is 0 Å². The molecule has 0 aromatic heterocycles. The Morgan fingerprint density at radius 1 is 0.375 bits per heavy atom. The van der Waals surface area contributed by atoms with E-state index in [9.17, 15) is 0 Å². The molecule has 0 amide bonds. The predicted molar refractivity (Wildman–Crippen MR) is 118 cm³/mol. The van der Waals surface area contributed by atoms with Crippen LogP contribution in [0, 0.1) is 20.8 Å². The summed E-state index contributed by atoms with van der Waals surface area (Å²) >= 11 is 3.51. The summed E-state index contributed by atoms with van der Waals surface area (Å²) in [5.41, 5.74) is 4.05. The van der Waals surface area contributed by atoms with E-state index in [1.807, 2.05) is 0 Å². The Morgan fingerprint density at radius 2 is 0.542 bits per heavy atom. The minimum absolute atomic E-state index is 1.17. The molecule has 0 aliphatic heterocycles. The van der Waals surface area contributed by atoms with Crippen LogP contribution in [0.3, 0.4) is 0 Å². The molecule has 0 saturated carbocycles. The third kappa shape index (κ3) is 10.2. The van der Waals surface area contributed by atoms with Crippen molar-refractivity contribution in [3.8, 4) is 0 Å². The van der Waals surface area contributed by atoms with Crippen LogP contribution in [-0.2, 0) is 0 Å². The fraction of sp³-hybridized carbons (Fsp3) is 0.143. The van der Waals surface area contributed by atoms with Gasteiger partial charge in [-0.25, -0.2) is 0 Å². The van der Waals surface area contributed by atoms with Gasteiger partial charge in [0.1, 0.15) is 0 Å². The van der Waals surface area contributed by atoms with E-state index in [-0.39, 0.29) is 0 Å². The standard InChI is InChI=1S/3C7H7.3Al.6H/c3*1-7-5-3-2-4-6-7;;;;;;;;;/h3*3-6H,1H3;;;;;;;;;. The molecule has 0 N–H and O–H groups in total. The molecular weight excluding hydrogens is 333 g/mol. The van der Waals surface area contributed by atoms with Crippen molar-refractivity contribution in [1.82, 2.24) is 0 Å². The topological polar surface area (TPSA) is 0 Å². The molecular formula is C21H27Al3. The van der Waals surface area contributed by atoms with Crippen molar-refractivity contribution in [2.75, 3.05) is 0 Å². The first-order chi connectivity index (χ1) is 11.4. The van der Waals surface area contributed by atoms with Crippen molar-refractivity contribution >= 4 is 62.1 Å². The zero-order chi connectivity index (χ0) is 17.9. The second-order valence-electron chi connectivity index (χ2n) is 6.46. The van der Waals surface area contributed by atoms with Crippen LogP contribution in [-0.4, -0.2) is 48.9 Å². The first-order valence-corrected chi connectivity index (χ1v) is 11.5. The van der Waals surface area contributed by atoms with E-state index in [2.05, 4.69) is 93.6 Å². The second kappa shape index (κ2) is 11.7. The van der Waals surface area contributed by atoms with Crippen molar-refractivity contribution in [1.29, 1.82) is 0 Å². The third-order valence-electron chi connectivity index (χ3n) is 3.65. The highest BCUT2D eigenvalue weighted by Gasteiger charge is 1.81. The monoisotopic (exact) mass is 360 g/mol. The van der Waals surface area contributed by atoms with E-state index >= 15 is 0 Å². The molecule has 24 heavy (non-hydrogen) atoms. The molecule has 0 fully saturated rings. The second-order valence-corrected chi connectivity index (χ2v) is 9.93. The molecule has 0 bridgehead atoms. The Labute approximate surface area is 171 Å². The zero-order valence-electron chi connectivity index (χ0n) is 15.9. The van der Waals surface area contributed by atoms with Gasteiger partial charge in [-0.2, -0.15) is 0 Å². The lowest BCUT2D eigenvalue weighted by Gasteiger charge is -1.90. The SMILES string of the molecule is Cc1cc[c]([AlH2])cc1.Cc1cc[c]([AlH2])cc1.Cc1cc[c]([AlH2])cc1. The maximum Gasteiger partial charge on any atom is 0.258 e. The summed E-state index contributed by atoms with van der Waals surface area (Å²) in [7, 11) is 0. The molecule has 0 heterocycles. The molecule has 0 nitrogen and oxygen atoms in total. The van der Waals surface area contributed by atoms with Gasteiger partial charge in [-0.3, -0.25) is 0 Å². The van der Waals surface area contributed by atoms with Gasteiger partial charge in [-0.15, -0.1) is 13.3 Å². The Morgan fingerprint density at radius 3 is 0.667 bits per heavy atom. The number of hydrogen-bond donors (Lipinski definition) is 0. The molecule has 0 aliphatic rings. The van der Waals surface area contributed by atoms with Gasteiger partial charge in [0.15, 0.2) is 0 Å². The number of benzene rings is 3. The average molecular weight is 360 g/mol. The molecule has 0 unspecified atom stereocenters. The lowest BCUT2D eigenvalue weighted by Crippen LogP contribution is -1.98. The van der Waals surface area contributed by atoms with Gasteiger partial charge >= 0.3 is 0 Å². The minimum Gasteiger partial charge on any atom is -0.121 e. The zero-order valence-corrected chi connectivity index (χ0v) is 21.9. The van der Waals surface area contributed by atoms with Gasteiger partial charge in [0, 0.05) is 0 Å². The van der Waals surface area contributed by atoms with E-state index in [1.165, 1.54) is 78.8 Å². The van der Waals surface area contributed by atoms with Crippen LogP contribution < -0.4 is 13.3 Å². The van der Waals surface area contributed by atoms with Gasteiger partial charge in [0.2, 0.25) is 0 Å². The van der Waals surface area contributed by atoms with Gasteiger partial charge in [-0.1, -0.05) is 89.5 Å². The highest BCUT2D eigenvalue weighted by Crippen LogP contribution is 1.91. The van der Waals surface area contributed by atoms with Crippen LogP contribution in [0.25, 0.3) is 0 Å². The normalized spacial score (nSPS) is 9.12. The highest BCUT2D eigenvalue weighted by molar-refractivity contribution is 6.32. The summed E-state index contributed by atoms with van der Waals surface area (Å²) in [6.45, 7) is 6.34. The summed E-state index contributed by atoms with van der Waals surface area (Å²) in [6.07, 6.45) is 0. The maximum absolute atomic E-state index is 2.18. The van der Waals surface area contributed by atoms with Crippen LogP contribution in [0.4, 0.5) is 0 Å². The minimum atomic E-state index is 1.17. The van der Waals surface area contributed by atoms with Crippen molar-refractivity contribution in [3.05, 3.63) is 89.5 Å². The van der Waals surface area contributed by atoms with Crippen molar-refractivity contribution in [2.45, 2.75) is 20.8 Å². The predicted octanol–water partition coefficient (Wildman–Crippen LogP) is 0.760. The maximum atomic E-state index is 2.18. The third-order valence-corrected chi connectivity index (χ3v) is 5.65. The molecule has 3 aromatic carbocycles. The quantitative estimate of drug-likeness (QED) is 0.520. The van der Waals surface area contributed by atoms with Gasteiger partial charge < -0.3 is 0 Å². The Kier molecular flexibility index (Phi) is 10.4. The molecule has 3 rings (SSSR count). The first kappa shape index (κ1) is 21.3. The Balaban J connectivity index is 0.000000180. The highest BCUT2D eigenvalue weighted by atomic mass is 27.1. The van der Waals surface area contributed by atoms with Crippen LogP contribution in [0.1, 0.15) is 16.7 Å². The van der Waals surface area contributed by atoms with Crippen LogP contribution in [0.5, 0.6) is 0 Å². The van der Waals surface area contributed by atoms with Gasteiger partial charge in [0.25, 0.3) is 48.9 Å². The number of hydrogen-bond acceptors (Lipinski definition) is 0. The summed E-state index contributed by atoms with van der Waals surface area (Å²) in [5.74, 6) is 0. The fourth-order valence-corrected chi connectivity index (χ4v) is 2.91. The van der Waals surface area contributed by atoms with Crippen LogP contribution in [0.15, 0.2) is 72.8 Å². The van der Waals surface area contributed by atoms with E-state index in [4.69, 9.17) is 0 Å². The fourth-order valence-electron chi connectivity index (χ4n) is 1.91. The average Bonchev–Trinajstić information content (AvgIpc) is 2.57. The number of rotatable bonds is 0. The summed E-state index contributed by atoms with van der Waals surface area (Å²) in [6, 6.07) is 26.0. The summed E-state index contributed by atoms with van der Waals surface area (Å²) < 4.78 is 4.40. The Bertz CT molecular complexity index is 533. The van der Waals surface area contributed by atoms with E-state index in [1.54, 1.807) is 0 Å². The molecule has 3 aromatic rings. The van der Waals surface area contributed by atoms with Gasteiger partial charge in [0.05, 0.1) is 0 Å². The van der Waals surface area contributed by atoms with Crippen molar-refractivity contribution < 1.29 is 0 Å². The molecule has 120 valence electrons. The first-order valence-electron chi connectivity index (χ1n) is 8.46. The summed E-state index contributed by atoms with van der Waals surface area (Å²) in [4.78, 5) is 0. The smallest absolute Gasteiger partial charge is 0.121 e. The molecule has 3 heteroatoms. The Hall–Kier alpha value is -0.743.